The number of halogens is 2. The molecule has 2 aromatic carbocycles. The maximum Gasteiger partial charge on any atom is 0.239 e. The van der Waals surface area contributed by atoms with E-state index in [1.54, 1.807) is 11.8 Å². The predicted molar refractivity (Wildman–Crippen MR) is 97.7 cm³/mol. The Morgan fingerprint density at radius 3 is 2.24 bits per heavy atom. The van der Waals surface area contributed by atoms with E-state index in [4.69, 9.17) is 0 Å². The van der Waals surface area contributed by atoms with Gasteiger partial charge in [-0.3, -0.25) is 4.79 Å². The Balaban J connectivity index is 2.01. The van der Waals surface area contributed by atoms with Gasteiger partial charge in [0.2, 0.25) is 5.91 Å². The molecule has 0 fully saturated rings. The lowest BCUT2D eigenvalue weighted by Gasteiger charge is -2.17. The van der Waals surface area contributed by atoms with Crippen molar-refractivity contribution in [2.24, 2.45) is 0 Å². The number of rotatable bonds is 5. The summed E-state index contributed by atoms with van der Waals surface area (Å²) in [5.74, 6) is -0.0716. The van der Waals surface area contributed by atoms with Crippen LogP contribution >= 0.6 is 43.6 Å². The monoisotopic (exact) mass is 427 g/mol. The van der Waals surface area contributed by atoms with Gasteiger partial charge in [-0.05, 0) is 36.1 Å². The molecule has 0 aliphatic heterocycles. The summed E-state index contributed by atoms with van der Waals surface area (Å²) >= 11 is 8.72. The lowest BCUT2D eigenvalue weighted by atomic mass is 10.1. The maximum atomic E-state index is 12.3. The van der Waals surface area contributed by atoms with Crippen LogP contribution in [0.1, 0.15) is 10.4 Å². The number of amides is 1. The summed E-state index contributed by atoms with van der Waals surface area (Å²) in [5, 5.41) is 2.92. The molecule has 0 radical (unpaired) electrons. The summed E-state index contributed by atoms with van der Waals surface area (Å²) in [6.45, 7) is 0. The first kappa shape index (κ1) is 16.6. The van der Waals surface area contributed by atoms with Crippen LogP contribution in [0.3, 0.4) is 0 Å². The van der Waals surface area contributed by atoms with Crippen molar-refractivity contribution in [3.05, 3.63) is 60.2 Å². The number of benzene rings is 2. The van der Waals surface area contributed by atoms with Crippen molar-refractivity contribution in [1.29, 1.82) is 0 Å². The van der Waals surface area contributed by atoms with E-state index < -0.39 is 0 Å². The van der Waals surface area contributed by atoms with Crippen molar-refractivity contribution in [2.75, 3.05) is 11.6 Å². The largest absolute Gasteiger partial charge is 0.325 e. The minimum Gasteiger partial charge on any atom is -0.325 e. The molecule has 0 spiro atoms. The second-order valence-electron chi connectivity index (χ2n) is 4.43. The Bertz CT molecular complexity index is 589. The molecule has 21 heavy (non-hydrogen) atoms. The highest BCUT2D eigenvalue weighted by atomic mass is 79.9. The fourth-order valence-electron chi connectivity index (χ4n) is 1.82. The van der Waals surface area contributed by atoms with Crippen LogP contribution in [0.25, 0.3) is 0 Å². The Kier molecular flexibility index (Phi) is 6.33. The van der Waals surface area contributed by atoms with E-state index in [-0.39, 0.29) is 15.6 Å². The SMILES string of the molecule is CSc1ccc(NC(=O)C(Br)C(Br)c2ccccc2)cc1. The number of hydrogen-bond acceptors (Lipinski definition) is 2. The standard InChI is InChI=1S/C16H15Br2NOS/c1-21-13-9-7-12(8-10-13)19-16(20)15(18)14(17)11-5-3-2-4-6-11/h2-10,14-15H,1H3,(H,19,20). The highest BCUT2D eigenvalue weighted by Gasteiger charge is 2.24. The number of thioether (sulfide) groups is 1. The molecule has 1 N–H and O–H groups in total. The molecule has 0 aromatic heterocycles. The van der Waals surface area contributed by atoms with Gasteiger partial charge in [-0.25, -0.2) is 0 Å². The molecule has 2 unspecified atom stereocenters. The average molecular weight is 429 g/mol. The molecule has 0 aliphatic rings. The molecule has 0 saturated heterocycles. The number of carbonyl (C=O) groups excluding carboxylic acids is 1. The highest BCUT2D eigenvalue weighted by Crippen LogP contribution is 2.31. The minimum absolute atomic E-state index is 0.0716. The summed E-state index contributed by atoms with van der Waals surface area (Å²) in [7, 11) is 0. The van der Waals surface area contributed by atoms with E-state index in [0.717, 1.165) is 11.3 Å². The topological polar surface area (TPSA) is 29.1 Å². The van der Waals surface area contributed by atoms with Crippen molar-refractivity contribution in [1.82, 2.24) is 0 Å². The normalized spacial score (nSPS) is 13.5. The number of alkyl halides is 2. The first-order valence-electron chi connectivity index (χ1n) is 6.40. The maximum absolute atomic E-state index is 12.3. The molecule has 2 atom stereocenters. The number of nitrogens with one attached hydrogen (secondary N) is 1. The Morgan fingerprint density at radius 2 is 1.67 bits per heavy atom. The van der Waals surface area contributed by atoms with Crippen LogP contribution in [-0.4, -0.2) is 17.0 Å². The molecular weight excluding hydrogens is 414 g/mol. The van der Waals surface area contributed by atoms with Gasteiger partial charge in [0.25, 0.3) is 0 Å². The third-order valence-electron chi connectivity index (χ3n) is 2.98. The summed E-state index contributed by atoms with van der Waals surface area (Å²) in [6.07, 6.45) is 2.03. The first-order valence-corrected chi connectivity index (χ1v) is 9.45. The van der Waals surface area contributed by atoms with E-state index in [9.17, 15) is 4.79 Å². The molecule has 2 rings (SSSR count). The molecule has 0 saturated carbocycles. The highest BCUT2D eigenvalue weighted by molar-refractivity contribution is 9.12. The summed E-state index contributed by atoms with van der Waals surface area (Å²) in [4.78, 5) is 13.0. The van der Waals surface area contributed by atoms with Crippen LogP contribution in [-0.2, 0) is 4.79 Å². The molecule has 110 valence electrons. The second-order valence-corrected chi connectivity index (χ2v) is 7.28. The van der Waals surface area contributed by atoms with Crippen molar-refractivity contribution in [3.63, 3.8) is 0 Å². The summed E-state index contributed by atoms with van der Waals surface area (Å²) < 4.78 is 0. The van der Waals surface area contributed by atoms with E-state index in [1.165, 1.54) is 4.90 Å². The Labute approximate surface area is 146 Å². The lowest BCUT2D eigenvalue weighted by Crippen LogP contribution is -2.26. The van der Waals surface area contributed by atoms with Crippen LogP contribution in [0.2, 0.25) is 0 Å². The van der Waals surface area contributed by atoms with Crippen LogP contribution in [0, 0.1) is 0 Å². The smallest absolute Gasteiger partial charge is 0.239 e. The van der Waals surface area contributed by atoms with Gasteiger partial charge in [-0.1, -0.05) is 62.2 Å². The second kappa shape index (κ2) is 8.01. The van der Waals surface area contributed by atoms with E-state index in [0.29, 0.717) is 0 Å². The fraction of sp³-hybridized carbons (Fsp3) is 0.188. The Hall–Kier alpha value is -0.780. The number of anilines is 1. The lowest BCUT2D eigenvalue weighted by molar-refractivity contribution is -0.115. The predicted octanol–water partition coefficient (Wildman–Crippen LogP) is 5.25. The van der Waals surface area contributed by atoms with Crippen LogP contribution in [0.5, 0.6) is 0 Å². The van der Waals surface area contributed by atoms with Crippen LogP contribution < -0.4 is 5.32 Å². The van der Waals surface area contributed by atoms with Crippen molar-refractivity contribution >= 4 is 55.2 Å². The van der Waals surface area contributed by atoms with Gasteiger partial charge in [0.1, 0.15) is 4.83 Å². The summed E-state index contributed by atoms with van der Waals surface area (Å²) in [5.41, 5.74) is 1.86. The third kappa shape index (κ3) is 4.59. The van der Waals surface area contributed by atoms with Crippen molar-refractivity contribution in [3.8, 4) is 0 Å². The van der Waals surface area contributed by atoms with Crippen LogP contribution in [0.4, 0.5) is 5.69 Å². The van der Waals surface area contributed by atoms with Gasteiger partial charge in [0, 0.05) is 10.6 Å². The molecular formula is C16H15Br2NOS. The van der Waals surface area contributed by atoms with Gasteiger partial charge >= 0.3 is 0 Å². The van der Waals surface area contributed by atoms with Gasteiger partial charge in [-0.15, -0.1) is 11.8 Å². The number of hydrogen-bond donors (Lipinski definition) is 1. The minimum atomic E-state index is -0.347. The van der Waals surface area contributed by atoms with Gasteiger partial charge in [0.15, 0.2) is 0 Å². The zero-order valence-corrected chi connectivity index (χ0v) is 15.4. The van der Waals surface area contributed by atoms with E-state index in [2.05, 4.69) is 37.2 Å². The number of carbonyl (C=O) groups is 1. The van der Waals surface area contributed by atoms with E-state index in [1.807, 2.05) is 60.9 Å². The van der Waals surface area contributed by atoms with Crippen molar-refractivity contribution in [2.45, 2.75) is 14.5 Å². The Morgan fingerprint density at radius 1 is 1.05 bits per heavy atom. The van der Waals surface area contributed by atoms with Crippen molar-refractivity contribution < 1.29 is 4.79 Å². The zero-order valence-electron chi connectivity index (χ0n) is 11.4. The molecule has 0 heterocycles. The molecule has 5 heteroatoms. The van der Waals surface area contributed by atoms with E-state index >= 15 is 0 Å². The van der Waals surface area contributed by atoms with Gasteiger partial charge in [-0.2, -0.15) is 0 Å². The van der Waals surface area contributed by atoms with Gasteiger partial charge in [0.05, 0.1) is 4.83 Å². The van der Waals surface area contributed by atoms with Crippen LogP contribution in [0.15, 0.2) is 59.5 Å². The summed E-state index contributed by atoms with van der Waals surface area (Å²) in [6, 6.07) is 17.7. The van der Waals surface area contributed by atoms with Gasteiger partial charge < -0.3 is 5.32 Å². The molecule has 1 amide bonds. The fourth-order valence-corrected chi connectivity index (χ4v) is 3.20. The molecule has 0 bridgehead atoms. The third-order valence-corrected chi connectivity index (χ3v) is 6.44. The first-order chi connectivity index (χ1) is 10.1. The average Bonchev–Trinajstić information content (AvgIpc) is 2.55. The molecule has 0 aliphatic carbocycles. The quantitative estimate of drug-likeness (QED) is 0.520. The molecule has 2 nitrogen and oxygen atoms in total. The zero-order chi connectivity index (χ0) is 15.2. The molecule has 2 aromatic rings.